The van der Waals surface area contributed by atoms with Gasteiger partial charge >= 0.3 is 0 Å². The first-order chi connectivity index (χ1) is 6.79. The Morgan fingerprint density at radius 2 is 2.29 bits per heavy atom. The van der Waals surface area contributed by atoms with Crippen molar-refractivity contribution in [2.24, 2.45) is 5.73 Å². The summed E-state index contributed by atoms with van der Waals surface area (Å²) in [5.74, 6) is 0. The van der Waals surface area contributed by atoms with E-state index in [0.717, 1.165) is 21.3 Å². The van der Waals surface area contributed by atoms with Gasteiger partial charge < -0.3 is 5.73 Å². The van der Waals surface area contributed by atoms with Crippen LogP contribution in [0.3, 0.4) is 0 Å². The molecular formula is C9H9ClN2S2. The molecule has 0 bridgehead atoms. The summed E-state index contributed by atoms with van der Waals surface area (Å²) in [5, 5.41) is 0. The van der Waals surface area contributed by atoms with Gasteiger partial charge in [-0.2, -0.15) is 4.37 Å². The molecule has 0 atom stereocenters. The molecule has 2 heterocycles. The Morgan fingerprint density at radius 3 is 2.93 bits per heavy atom. The smallest absolute Gasteiger partial charge is 0.0943 e. The summed E-state index contributed by atoms with van der Waals surface area (Å²) in [6, 6.07) is 5.97. The molecule has 0 amide bonds. The second-order valence-electron chi connectivity index (χ2n) is 2.82. The van der Waals surface area contributed by atoms with Gasteiger partial charge in [0.05, 0.1) is 14.9 Å². The third-order valence-electron chi connectivity index (χ3n) is 1.78. The van der Waals surface area contributed by atoms with E-state index in [1.165, 1.54) is 16.4 Å². The van der Waals surface area contributed by atoms with Gasteiger partial charge in [0.1, 0.15) is 0 Å². The maximum atomic E-state index is 5.85. The lowest BCUT2D eigenvalue weighted by molar-refractivity contribution is 0.989. The van der Waals surface area contributed by atoms with Crippen LogP contribution in [0.2, 0.25) is 4.34 Å². The number of rotatable bonds is 3. The lowest BCUT2D eigenvalue weighted by Gasteiger charge is -1.87. The van der Waals surface area contributed by atoms with Gasteiger partial charge in [0.25, 0.3) is 0 Å². The first-order valence-electron chi connectivity index (χ1n) is 4.21. The average Bonchev–Trinajstić information content (AvgIpc) is 2.74. The highest BCUT2D eigenvalue weighted by Gasteiger charge is 2.06. The zero-order valence-electron chi connectivity index (χ0n) is 7.37. The fraction of sp³-hybridized carbons (Fsp3) is 0.222. The normalized spacial score (nSPS) is 10.7. The van der Waals surface area contributed by atoms with Crippen LogP contribution in [0.5, 0.6) is 0 Å². The number of halogens is 1. The van der Waals surface area contributed by atoms with Crippen LogP contribution in [-0.2, 0) is 6.42 Å². The maximum absolute atomic E-state index is 5.85. The molecule has 2 rings (SSSR count). The van der Waals surface area contributed by atoms with Gasteiger partial charge in [-0.05, 0) is 42.7 Å². The highest BCUT2D eigenvalue weighted by atomic mass is 35.5. The van der Waals surface area contributed by atoms with E-state index in [1.807, 2.05) is 12.1 Å². The van der Waals surface area contributed by atoms with Crippen molar-refractivity contribution in [3.05, 3.63) is 27.4 Å². The maximum Gasteiger partial charge on any atom is 0.0943 e. The number of thiophene rings is 1. The number of nitrogens with zero attached hydrogens (tertiary/aromatic N) is 1. The van der Waals surface area contributed by atoms with Gasteiger partial charge in [0.2, 0.25) is 0 Å². The molecule has 0 saturated heterocycles. The predicted octanol–water partition coefficient (Wildman–Crippen LogP) is 3.03. The summed E-state index contributed by atoms with van der Waals surface area (Å²) in [7, 11) is 0. The molecule has 0 aromatic carbocycles. The second kappa shape index (κ2) is 4.40. The van der Waals surface area contributed by atoms with Crippen LogP contribution in [-0.4, -0.2) is 10.9 Å². The van der Waals surface area contributed by atoms with Crippen LogP contribution in [0.4, 0.5) is 0 Å². The zero-order chi connectivity index (χ0) is 9.97. The van der Waals surface area contributed by atoms with Crippen molar-refractivity contribution < 1.29 is 0 Å². The first kappa shape index (κ1) is 10.1. The summed E-state index contributed by atoms with van der Waals surface area (Å²) in [6.45, 7) is 0.673. The van der Waals surface area contributed by atoms with Crippen LogP contribution in [0, 0.1) is 0 Å². The Hall–Kier alpha value is -0.420. The first-order valence-corrected chi connectivity index (χ1v) is 6.18. The molecule has 2 aromatic heterocycles. The topological polar surface area (TPSA) is 38.9 Å². The molecule has 0 unspecified atom stereocenters. The molecule has 5 heteroatoms. The zero-order valence-corrected chi connectivity index (χ0v) is 9.75. The summed E-state index contributed by atoms with van der Waals surface area (Å²) < 4.78 is 5.16. The van der Waals surface area contributed by atoms with Crippen molar-refractivity contribution in [1.29, 1.82) is 0 Å². The number of hydrogen-bond donors (Lipinski definition) is 1. The molecule has 14 heavy (non-hydrogen) atoms. The summed E-state index contributed by atoms with van der Waals surface area (Å²) in [5.41, 5.74) is 6.48. The summed E-state index contributed by atoms with van der Waals surface area (Å²) >= 11 is 8.91. The lowest BCUT2D eigenvalue weighted by atomic mass is 10.3. The lowest BCUT2D eigenvalue weighted by Crippen LogP contribution is -2.00. The van der Waals surface area contributed by atoms with E-state index in [2.05, 4.69) is 10.4 Å². The number of hydrogen-bond acceptors (Lipinski definition) is 4. The molecule has 0 fully saturated rings. The molecular weight excluding hydrogens is 236 g/mol. The van der Waals surface area contributed by atoms with E-state index in [0.29, 0.717) is 6.54 Å². The van der Waals surface area contributed by atoms with Gasteiger partial charge in [-0.25, -0.2) is 0 Å². The minimum absolute atomic E-state index is 0.673. The minimum atomic E-state index is 0.673. The van der Waals surface area contributed by atoms with Crippen molar-refractivity contribution in [3.8, 4) is 10.6 Å². The van der Waals surface area contributed by atoms with Crippen molar-refractivity contribution in [3.63, 3.8) is 0 Å². The Labute approximate surface area is 95.5 Å². The highest BCUT2D eigenvalue weighted by Crippen LogP contribution is 2.31. The quantitative estimate of drug-likeness (QED) is 0.902. The molecule has 74 valence electrons. The molecule has 2 aromatic rings. The molecule has 2 nitrogen and oxygen atoms in total. The SMILES string of the molecule is NCCc1cc(-c2ccc(Cl)s2)ns1. The van der Waals surface area contributed by atoms with Gasteiger partial charge in [-0.3, -0.25) is 0 Å². The highest BCUT2D eigenvalue weighted by molar-refractivity contribution is 7.19. The minimum Gasteiger partial charge on any atom is -0.330 e. The van der Waals surface area contributed by atoms with E-state index in [-0.39, 0.29) is 0 Å². The van der Waals surface area contributed by atoms with Crippen LogP contribution in [0.25, 0.3) is 10.6 Å². The monoisotopic (exact) mass is 244 g/mol. The molecule has 0 aliphatic carbocycles. The van der Waals surface area contributed by atoms with E-state index in [9.17, 15) is 0 Å². The standard InChI is InChI=1S/C9H9ClN2S2/c10-9-2-1-8(13-9)7-5-6(3-4-11)14-12-7/h1-2,5H,3-4,11H2. The van der Waals surface area contributed by atoms with Crippen LogP contribution >= 0.6 is 34.5 Å². The van der Waals surface area contributed by atoms with Crippen LogP contribution < -0.4 is 5.73 Å². The van der Waals surface area contributed by atoms with Gasteiger partial charge in [0.15, 0.2) is 0 Å². The summed E-state index contributed by atoms with van der Waals surface area (Å²) in [4.78, 5) is 2.35. The van der Waals surface area contributed by atoms with Gasteiger partial charge in [0, 0.05) is 4.88 Å². The van der Waals surface area contributed by atoms with E-state index < -0.39 is 0 Å². The second-order valence-corrected chi connectivity index (χ2v) is 5.43. The molecule has 0 saturated carbocycles. The van der Waals surface area contributed by atoms with Gasteiger partial charge in [-0.1, -0.05) is 11.6 Å². The Balaban J connectivity index is 2.24. The van der Waals surface area contributed by atoms with E-state index in [4.69, 9.17) is 17.3 Å². The van der Waals surface area contributed by atoms with Crippen molar-refractivity contribution in [1.82, 2.24) is 4.37 Å². The van der Waals surface area contributed by atoms with Crippen molar-refractivity contribution in [2.75, 3.05) is 6.54 Å². The van der Waals surface area contributed by atoms with Crippen LogP contribution in [0.1, 0.15) is 4.88 Å². The Kier molecular flexibility index (Phi) is 3.18. The van der Waals surface area contributed by atoms with Crippen LogP contribution in [0.15, 0.2) is 18.2 Å². The molecule has 2 N–H and O–H groups in total. The van der Waals surface area contributed by atoms with Crippen molar-refractivity contribution >= 4 is 34.5 Å². The van der Waals surface area contributed by atoms with E-state index in [1.54, 1.807) is 11.3 Å². The third kappa shape index (κ3) is 2.15. The number of nitrogens with two attached hydrogens (primary N) is 1. The summed E-state index contributed by atoms with van der Waals surface area (Å²) in [6.07, 6.45) is 0.900. The van der Waals surface area contributed by atoms with E-state index >= 15 is 0 Å². The molecule has 0 spiro atoms. The largest absolute Gasteiger partial charge is 0.330 e. The molecule has 0 radical (unpaired) electrons. The fourth-order valence-corrected chi connectivity index (χ4v) is 2.94. The Morgan fingerprint density at radius 1 is 1.43 bits per heavy atom. The number of aromatic nitrogens is 1. The van der Waals surface area contributed by atoms with Gasteiger partial charge in [-0.15, -0.1) is 11.3 Å². The predicted molar refractivity (Wildman–Crippen MR) is 63.2 cm³/mol. The third-order valence-corrected chi connectivity index (χ3v) is 3.87. The molecule has 0 aliphatic rings. The average molecular weight is 245 g/mol. The fourth-order valence-electron chi connectivity index (χ4n) is 1.14. The molecule has 0 aliphatic heterocycles. The van der Waals surface area contributed by atoms with Crippen molar-refractivity contribution in [2.45, 2.75) is 6.42 Å². The Bertz CT molecular complexity index is 422.